The van der Waals surface area contributed by atoms with Crippen molar-refractivity contribution in [3.05, 3.63) is 28.2 Å². The van der Waals surface area contributed by atoms with Crippen molar-refractivity contribution in [2.24, 2.45) is 0 Å². The van der Waals surface area contributed by atoms with Gasteiger partial charge < -0.3 is 10.2 Å². The number of aryl methyl sites for hydroxylation is 1. The number of hydrogen-bond acceptors (Lipinski definition) is 3. The fraction of sp³-hybridized carbons (Fsp3) is 0.357. The van der Waals surface area contributed by atoms with Crippen LogP contribution in [0.4, 0.5) is 5.69 Å². The topological polar surface area (TPSA) is 73.2 Å². The Balaban J connectivity index is 2.78. The van der Waals surface area contributed by atoms with Gasteiger partial charge in [0.25, 0.3) is 0 Å². The van der Waals surface area contributed by atoms with E-state index in [0.717, 1.165) is 5.56 Å². The minimum absolute atomic E-state index is 0.184. The van der Waals surface area contributed by atoms with Crippen LogP contribution in [-0.4, -0.2) is 29.8 Å². The zero-order valence-corrected chi connectivity index (χ0v) is 13.2. The Kier molecular flexibility index (Phi) is 5.71. The monoisotopic (exact) mass is 337 g/mol. The molecular formula is C14H16BrN3O2. The summed E-state index contributed by atoms with van der Waals surface area (Å²) < 4.78 is 0.706. The molecule has 6 heteroatoms. The van der Waals surface area contributed by atoms with Gasteiger partial charge in [-0.05, 0) is 47.5 Å². The Bertz CT molecular complexity index is 566. The maximum Gasteiger partial charge on any atom is 0.313 e. The third kappa shape index (κ3) is 4.07. The predicted molar refractivity (Wildman–Crippen MR) is 80.0 cm³/mol. The molecule has 0 radical (unpaired) electrons. The molecule has 0 bridgehead atoms. The molecule has 106 valence electrons. The van der Waals surface area contributed by atoms with Gasteiger partial charge in [-0.25, -0.2) is 0 Å². The van der Waals surface area contributed by atoms with Gasteiger partial charge in [-0.15, -0.1) is 0 Å². The predicted octanol–water partition coefficient (Wildman–Crippen LogP) is 2.46. The van der Waals surface area contributed by atoms with Crippen molar-refractivity contribution in [2.45, 2.75) is 26.3 Å². The molecule has 0 aliphatic heterocycles. The highest BCUT2D eigenvalue weighted by molar-refractivity contribution is 9.10. The van der Waals surface area contributed by atoms with E-state index >= 15 is 0 Å². The first-order valence-corrected chi connectivity index (χ1v) is 6.87. The number of benzene rings is 1. The number of amides is 2. The number of likely N-dealkylation sites (N-methyl/N-ethyl adjacent to an activating group) is 1. The van der Waals surface area contributed by atoms with Crippen LogP contribution >= 0.6 is 15.9 Å². The van der Waals surface area contributed by atoms with Gasteiger partial charge >= 0.3 is 11.8 Å². The Morgan fingerprint density at radius 1 is 1.50 bits per heavy atom. The molecular weight excluding hydrogens is 322 g/mol. The first kappa shape index (κ1) is 16.2. The molecule has 0 unspecified atom stereocenters. The molecule has 20 heavy (non-hydrogen) atoms. The van der Waals surface area contributed by atoms with Crippen LogP contribution < -0.4 is 5.32 Å². The Morgan fingerprint density at radius 3 is 2.75 bits per heavy atom. The third-order valence-corrected chi connectivity index (χ3v) is 3.62. The summed E-state index contributed by atoms with van der Waals surface area (Å²) >= 11 is 3.32. The molecule has 0 aliphatic carbocycles. The van der Waals surface area contributed by atoms with E-state index in [4.69, 9.17) is 5.26 Å². The molecule has 0 heterocycles. The number of nitrogens with zero attached hydrogens (tertiary/aromatic N) is 2. The van der Waals surface area contributed by atoms with E-state index in [2.05, 4.69) is 21.2 Å². The maximum absolute atomic E-state index is 11.9. The van der Waals surface area contributed by atoms with Crippen LogP contribution in [-0.2, 0) is 9.59 Å². The summed E-state index contributed by atoms with van der Waals surface area (Å²) in [7, 11) is 1.51. The van der Waals surface area contributed by atoms with E-state index in [9.17, 15) is 9.59 Å². The van der Waals surface area contributed by atoms with Gasteiger partial charge in [-0.2, -0.15) is 5.26 Å². The number of hydrogen-bond donors (Lipinski definition) is 1. The Hall–Kier alpha value is -1.87. The molecule has 1 N–H and O–H groups in total. The highest BCUT2D eigenvalue weighted by Gasteiger charge is 2.23. The third-order valence-electron chi connectivity index (χ3n) is 2.93. The summed E-state index contributed by atoms with van der Waals surface area (Å²) in [6, 6.07) is 7.14. The van der Waals surface area contributed by atoms with Gasteiger partial charge in [0.15, 0.2) is 0 Å². The Morgan fingerprint density at radius 2 is 2.15 bits per heavy atom. The minimum Gasteiger partial charge on any atom is -0.334 e. The van der Waals surface area contributed by atoms with E-state index in [1.54, 1.807) is 19.1 Å². The van der Waals surface area contributed by atoms with E-state index in [-0.39, 0.29) is 12.5 Å². The van der Waals surface area contributed by atoms with Crippen LogP contribution in [0.5, 0.6) is 0 Å². The lowest BCUT2D eigenvalue weighted by Gasteiger charge is -2.22. The van der Waals surface area contributed by atoms with Crippen LogP contribution in [0.1, 0.15) is 18.9 Å². The molecule has 5 nitrogen and oxygen atoms in total. The second-order valence-electron chi connectivity index (χ2n) is 4.56. The quantitative estimate of drug-likeness (QED) is 0.861. The van der Waals surface area contributed by atoms with Crippen LogP contribution in [0, 0.1) is 18.3 Å². The van der Waals surface area contributed by atoms with Gasteiger partial charge in [0.2, 0.25) is 0 Å². The maximum atomic E-state index is 11.9. The first-order chi connectivity index (χ1) is 9.36. The highest BCUT2D eigenvalue weighted by atomic mass is 79.9. The number of anilines is 1. The average Bonchev–Trinajstić information content (AvgIpc) is 2.41. The van der Waals surface area contributed by atoms with Crippen LogP contribution in [0.15, 0.2) is 22.7 Å². The lowest BCUT2D eigenvalue weighted by Crippen LogP contribution is -2.42. The lowest BCUT2D eigenvalue weighted by atomic mass is 10.2. The van der Waals surface area contributed by atoms with E-state index in [0.29, 0.717) is 10.2 Å². The number of carbonyl (C=O) groups excluding carboxylic acids is 2. The Labute approximate surface area is 126 Å². The minimum atomic E-state index is -0.719. The standard InChI is InChI=1S/C14H16BrN3O2/c1-9-4-5-11(15)12(8-9)17-13(19)14(20)18(3)10(2)6-7-16/h4-5,8,10H,6H2,1-3H3,(H,17,19)/t10-/m1/s1. The summed E-state index contributed by atoms with van der Waals surface area (Å²) in [5.74, 6) is -1.38. The number of nitriles is 1. The smallest absolute Gasteiger partial charge is 0.313 e. The molecule has 0 aliphatic rings. The normalized spacial score (nSPS) is 11.3. The van der Waals surface area contributed by atoms with Gasteiger partial charge in [0.1, 0.15) is 0 Å². The van der Waals surface area contributed by atoms with E-state index in [1.807, 2.05) is 19.1 Å². The summed E-state index contributed by atoms with van der Waals surface area (Å²) in [6.07, 6.45) is 0.184. The van der Waals surface area contributed by atoms with Crippen LogP contribution in [0.2, 0.25) is 0 Å². The van der Waals surface area contributed by atoms with Crippen molar-refractivity contribution >= 4 is 33.4 Å². The summed E-state index contributed by atoms with van der Waals surface area (Å²) in [6.45, 7) is 3.61. The van der Waals surface area contributed by atoms with Crippen LogP contribution in [0.25, 0.3) is 0 Å². The molecule has 2 amide bonds. The number of nitrogens with one attached hydrogen (secondary N) is 1. The van der Waals surface area contributed by atoms with Crippen molar-refractivity contribution in [1.29, 1.82) is 5.26 Å². The van der Waals surface area contributed by atoms with Crippen LogP contribution in [0.3, 0.4) is 0 Å². The zero-order valence-electron chi connectivity index (χ0n) is 11.6. The first-order valence-electron chi connectivity index (χ1n) is 6.08. The summed E-state index contributed by atoms with van der Waals surface area (Å²) in [5, 5.41) is 11.2. The lowest BCUT2D eigenvalue weighted by molar-refractivity contribution is -0.143. The number of rotatable bonds is 3. The molecule has 0 saturated heterocycles. The molecule has 1 rings (SSSR count). The van der Waals surface area contributed by atoms with E-state index < -0.39 is 11.8 Å². The SMILES string of the molecule is Cc1ccc(Br)c(NC(=O)C(=O)N(C)[C@H](C)CC#N)c1. The summed E-state index contributed by atoms with van der Waals surface area (Å²) in [5.41, 5.74) is 1.52. The van der Waals surface area contributed by atoms with Gasteiger partial charge in [-0.3, -0.25) is 9.59 Å². The van der Waals surface area contributed by atoms with Crippen molar-refractivity contribution in [2.75, 3.05) is 12.4 Å². The molecule has 1 aromatic carbocycles. The molecule has 1 aromatic rings. The van der Waals surface area contributed by atoms with Crippen molar-refractivity contribution < 1.29 is 9.59 Å². The zero-order chi connectivity index (χ0) is 15.3. The highest BCUT2D eigenvalue weighted by Crippen LogP contribution is 2.23. The number of carbonyl (C=O) groups is 2. The molecule has 0 spiro atoms. The second-order valence-corrected chi connectivity index (χ2v) is 5.42. The average molecular weight is 338 g/mol. The number of halogens is 1. The van der Waals surface area contributed by atoms with Gasteiger partial charge in [-0.1, -0.05) is 6.07 Å². The van der Waals surface area contributed by atoms with Gasteiger partial charge in [0, 0.05) is 17.6 Å². The van der Waals surface area contributed by atoms with E-state index in [1.165, 1.54) is 11.9 Å². The fourth-order valence-corrected chi connectivity index (χ4v) is 1.89. The largest absolute Gasteiger partial charge is 0.334 e. The molecule has 0 aromatic heterocycles. The summed E-state index contributed by atoms with van der Waals surface area (Å²) in [4.78, 5) is 25.1. The molecule has 0 saturated carbocycles. The van der Waals surface area contributed by atoms with Crippen molar-refractivity contribution in [3.63, 3.8) is 0 Å². The van der Waals surface area contributed by atoms with Gasteiger partial charge in [0.05, 0.1) is 18.2 Å². The van der Waals surface area contributed by atoms with Crippen molar-refractivity contribution in [1.82, 2.24) is 4.90 Å². The molecule has 1 atom stereocenters. The second kappa shape index (κ2) is 7.06. The fourth-order valence-electron chi connectivity index (χ4n) is 1.54. The molecule has 0 fully saturated rings. The van der Waals surface area contributed by atoms with Crippen molar-refractivity contribution in [3.8, 4) is 6.07 Å².